The van der Waals surface area contributed by atoms with Gasteiger partial charge in [-0.1, -0.05) is 133 Å². The number of fused-ring (bicyclic) bond motifs is 9. The molecule has 0 saturated carbocycles. The van der Waals surface area contributed by atoms with E-state index in [1.807, 2.05) is 0 Å². The van der Waals surface area contributed by atoms with Crippen molar-refractivity contribution in [2.75, 3.05) is 4.90 Å². The fraction of sp³-hybridized carbons (Fsp3) is 0. The summed E-state index contributed by atoms with van der Waals surface area (Å²) in [7, 11) is 0. The first kappa shape index (κ1) is 28.0. The van der Waals surface area contributed by atoms with Crippen molar-refractivity contribution in [3.63, 3.8) is 0 Å². The molecule has 238 valence electrons. The second-order valence-electron chi connectivity index (χ2n) is 13.3. The molecule has 0 aliphatic carbocycles. The first-order valence-electron chi connectivity index (χ1n) is 17.5. The largest absolute Gasteiger partial charge is 0.308 e. The zero-order valence-corrected chi connectivity index (χ0v) is 27.7. The van der Waals surface area contributed by atoms with Gasteiger partial charge in [0.2, 0.25) is 0 Å². The summed E-state index contributed by atoms with van der Waals surface area (Å²) in [5, 5.41) is 7.52. The molecule has 3 heteroatoms. The first-order chi connectivity index (χ1) is 25.3. The van der Waals surface area contributed by atoms with E-state index in [1.54, 1.807) is 0 Å². The van der Waals surface area contributed by atoms with Crippen molar-refractivity contribution in [1.29, 1.82) is 0 Å². The van der Waals surface area contributed by atoms with Crippen LogP contribution in [0.25, 0.3) is 76.7 Å². The molecule has 0 fully saturated rings. The quantitative estimate of drug-likeness (QED) is 0.181. The van der Waals surface area contributed by atoms with Crippen molar-refractivity contribution in [2.24, 2.45) is 0 Å². The molecule has 0 bridgehead atoms. The molecule has 3 nitrogen and oxygen atoms in total. The molecule has 0 radical (unpaired) electrons. The Hall–Kier alpha value is -6.84. The average Bonchev–Trinajstić information content (AvgIpc) is 3.85. The maximum Gasteiger partial charge on any atom is 0.0782 e. The van der Waals surface area contributed by atoms with Gasteiger partial charge >= 0.3 is 0 Å². The zero-order valence-electron chi connectivity index (χ0n) is 27.7. The van der Waals surface area contributed by atoms with Crippen molar-refractivity contribution < 1.29 is 0 Å². The summed E-state index contributed by atoms with van der Waals surface area (Å²) in [6, 6.07) is 68.4. The lowest BCUT2D eigenvalue weighted by atomic mass is 10.0. The Labute approximate surface area is 294 Å². The van der Waals surface area contributed by atoms with Crippen LogP contribution < -0.4 is 4.90 Å². The molecule has 51 heavy (non-hydrogen) atoms. The molecular weight excluding hydrogens is 619 g/mol. The van der Waals surface area contributed by atoms with Crippen LogP contribution in [0.15, 0.2) is 188 Å². The third-order valence-electron chi connectivity index (χ3n) is 10.6. The van der Waals surface area contributed by atoms with Crippen LogP contribution in [-0.2, 0) is 0 Å². The van der Waals surface area contributed by atoms with Gasteiger partial charge in [-0.05, 0) is 65.7 Å². The third kappa shape index (κ3) is 4.00. The summed E-state index contributed by atoms with van der Waals surface area (Å²) >= 11 is 0. The van der Waals surface area contributed by atoms with Gasteiger partial charge in [0.05, 0.1) is 39.0 Å². The molecule has 3 heterocycles. The first-order valence-corrected chi connectivity index (χ1v) is 17.5. The fourth-order valence-corrected chi connectivity index (χ4v) is 8.50. The lowest BCUT2D eigenvalue weighted by Gasteiger charge is -2.28. The number of para-hydroxylation sites is 5. The Balaban J connectivity index is 1.28. The molecule has 0 aliphatic heterocycles. The lowest BCUT2D eigenvalue weighted by Crippen LogP contribution is -2.12. The maximum absolute atomic E-state index is 2.49. The number of hydrogen-bond acceptors (Lipinski definition) is 1. The molecule has 0 spiro atoms. The second kappa shape index (κ2) is 10.8. The molecular formula is C48H31N3. The SMILES string of the molecule is c1ccc(-c2ccc(N(c3ccc4c5ccccc5n5c6ccccc6c3c45)c3cccc4c5ccccc5n(-c5ccccc5)c34)cc2)cc1. The minimum atomic E-state index is 1.11. The van der Waals surface area contributed by atoms with Gasteiger partial charge in [-0.2, -0.15) is 0 Å². The number of benzene rings is 8. The van der Waals surface area contributed by atoms with Crippen molar-refractivity contribution in [3.05, 3.63) is 188 Å². The molecule has 11 rings (SSSR count). The molecule has 0 amide bonds. The van der Waals surface area contributed by atoms with E-state index in [4.69, 9.17) is 0 Å². The number of hydrogen-bond donors (Lipinski definition) is 0. The van der Waals surface area contributed by atoms with Gasteiger partial charge in [0.1, 0.15) is 0 Å². The van der Waals surface area contributed by atoms with Gasteiger partial charge in [0.25, 0.3) is 0 Å². The highest BCUT2D eigenvalue weighted by Crippen LogP contribution is 2.49. The van der Waals surface area contributed by atoms with E-state index in [9.17, 15) is 0 Å². The Morgan fingerprint density at radius 1 is 0.333 bits per heavy atom. The smallest absolute Gasteiger partial charge is 0.0782 e. The monoisotopic (exact) mass is 649 g/mol. The minimum Gasteiger partial charge on any atom is -0.308 e. The molecule has 8 aromatic carbocycles. The van der Waals surface area contributed by atoms with Crippen molar-refractivity contribution in [2.45, 2.75) is 0 Å². The zero-order chi connectivity index (χ0) is 33.5. The van der Waals surface area contributed by atoms with Crippen LogP contribution in [0.5, 0.6) is 0 Å². The molecule has 0 atom stereocenters. The predicted molar refractivity (Wildman–Crippen MR) is 216 cm³/mol. The van der Waals surface area contributed by atoms with Gasteiger partial charge in [-0.3, -0.25) is 0 Å². The Morgan fingerprint density at radius 2 is 0.882 bits per heavy atom. The van der Waals surface area contributed by atoms with Gasteiger partial charge in [-0.25, -0.2) is 0 Å². The Morgan fingerprint density at radius 3 is 1.63 bits per heavy atom. The fourth-order valence-electron chi connectivity index (χ4n) is 8.50. The summed E-state index contributed by atoms with van der Waals surface area (Å²) in [6.45, 7) is 0. The van der Waals surface area contributed by atoms with Crippen LogP contribution in [0, 0.1) is 0 Å². The number of nitrogens with zero attached hydrogens (tertiary/aromatic N) is 3. The molecule has 0 unspecified atom stereocenters. The Bertz CT molecular complexity index is 3060. The van der Waals surface area contributed by atoms with Crippen LogP contribution in [0.4, 0.5) is 17.1 Å². The van der Waals surface area contributed by atoms with Crippen LogP contribution in [0.3, 0.4) is 0 Å². The standard InChI is InChI=1S/C48H31N3/c1-3-14-32(15-4-1)33-26-28-35(29-27-33)49(45-25-13-21-38-36-18-7-10-22-41(36)50(47(38)45)34-16-5-2-6-17-34)44-31-30-39-37-19-8-11-23-42(37)51-43-24-12-9-20-40(43)46(44)48(39)51/h1-31H. The minimum absolute atomic E-state index is 1.11. The average molecular weight is 650 g/mol. The predicted octanol–water partition coefficient (Wildman–Crippen LogP) is 13.1. The van der Waals surface area contributed by atoms with Crippen LogP contribution >= 0.6 is 0 Å². The number of aromatic nitrogens is 2. The van der Waals surface area contributed by atoms with Gasteiger partial charge < -0.3 is 13.9 Å². The van der Waals surface area contributed by atoms with Crippen LogP contribution in [0.2, 0.25) is 0 Å². The van der Waals surface area contributed by atoms with E-state index >= 15 is 0 Å². The second-order valence-corrected chi connectivity index (χ2v) is 13.3. The van der Waals surface area contributed by atoms with E-state index in [2.05, 4.69) is 202 Å². The van der Waals surface area contributed by atoms with Crippen LogP contribution in [-0.4, -0.2) is 8.97 Å². The summed E-state index contributed by atoms with van der Waals surface area (Å²) < 4.78 is 4.91. The molecule has 0 saturated heterocycles. The van der Waals surface area contributed by atoms with E-state index in [0.717, 1.165) is 22.7 Å². The van der Waals surface area contributed by atoms with E-state index in [1.165, 1.54) is 71.0 Å². The van der Waals surface area contributed by atoms with Crippen molar-refractivity contribution >= 4 is 77.0 Å². The number of anilines is 3. The summed E-state index contributed by atoms with van der Waals surface area (Å²) in [6.07, 6.45) is 0. The molecule has 3 aromatic heterocycles. The van der Waals surface area contributed by atoms with E-state index in [0.29, 0.717) is 0 Å². The number of rotatable bonds is 5. The third-order valence-corrected chi connectivity index (χ3v) is 10.6. The van der Waals surface area contributed by atoms with Crippen LogP contribution in [0.1, 0.15) is 0 Å². The molecule has 0 aliphatic rings. The van der Waals surface area contributed by atoms with Gasteiger partial charge in [-0.15, -0.1) is 0 Å². The summed E-state index contributed by atoms with van der Waals surface area (Å²) in [5.74, 6) is 0. The van der Waals surface area contributed by atoms with Crippen molar-refractivity contribution in [3.8, 4) is 16.8 Å². The van der Waals surface area contributed by atoms with Crippen molar-refractivity contribution in [1.82, 2.24) is 8.97 Å². The Kier molecular flexibility index (Phi) is 5.96. The highest BCUT2D eigenvalue weighted by molar-refractivity contribution is 6.28. The topological polar surface area (TPSA) is 12.6 Å². The van der Waals surface area contributed by atoms with E-state index in [-0.39, 0.29) is 0 Å². The molecule has 0 N–H and O–H groups in total. The highest BCUT2D eigenvalue weighted by Gasteiger charge is 2.26. The normalized spacial score (nSPS) is 11.9. The van der Waals surface area contributed by atoms with Gasteiger partial charge in [0, 0.05) is 43.7 Å². The van der Waals surface area contributed by atoms with Gasteiger partial charge in [0.15, 0.2) is 0 Å². The maximum atomic E-state index is 2.49. The highest BCUT2D eigenvalue weighted by atomic mass is 15.2. The summed E-state index contributed by atoms with van der Waals surface area (Å²) in [4.78, 5) is 2.49. The summed E-state index contributed by atoms with van der Waals surface area (Å²) in [5.41, 5.74) is 13.0. The molecule has 11 aromatic rings. The van der Waals surface area contributed by atoms with E-state index < -0.39 is 0 Å². The lowest BCUT2D eigenvalue weighted by molar-refractivity contribution is 1.17.